The second kappa shape index (κ2) is 6.10. The van der Waals surface area contributed by atoms with Crippen LogP contribution < -0.4 is 11.1 Å². The third-order valence-electron chi connectivity index (χ3n) is 2.43. The van der Waals surface area contributed by atoms with E-state index in [4.69, 9.17) is 15.2 Å². The molecule has 1 unspecified atom stereocenters. The highest BCUT2D eigenvalue weighted by atomic mass is 16.5. The van der Waals surface area contributed by atoms with Crippen molar-refractivity contribution in [3.8, 4) is 0 Å². The standard InChI is InChI=1S/C12H18N2O3/c1-8(16-2)7-14-11-5-4-9(13)6-10(11)12(15)17-3/h4-6,8,14H,7,13H2,1-3H3. The lowest BCUT2D eigenvalue weighted by atomic mass is 10.1. The van der Waals surface area contributed by atoms with E-state index in [2.05, 4.69) is 5.32 Å². The van der Waals surface area contributed by atoms with Gasteiger partial charge >= 0.3 is 5.97 Å². The molecule has 0 aliphatic carbocycles. The summed E-state index contributed by atoms with van der Waals surface area (Å²) < 4.78 is 9.82. The first-order valence-corrected chi connectivity index (χ1v) is 5.33. The zero-order valence-corrected chi connectivity index (χ0v) is 10.3. The zero-order chi connectivity index (χ0) is 12.8. The first-order valence-electron chi connectivity index (χ1n) is 5.33. The fourth-order valence-corrected chi connectivity index (χ4v) is 1.33. The maximum Gasteiger partial charge on any atom is 0.340 e. The number of carbonyl (C=O) groups excluding carboxylic acids is 1. The van der Waals surface area contributed by atoms with Crippen LogP contribution in [0.15, 0.2) is 18.2 Å². The highest BCUT2D eigenvalue weighted by molar-refractivity contribution is 5.96. The highest BCUT2D eigenvalue weighted by Crippen LogP contribution is 2.19. The van der Waals surface area contributed by atoms with E-state index in [1.54, 1.807) is 25.3 Å². The molecule has 0 aromatic heterocycles. The summed E-state index contributed by atoms with van der Waals surface area (Å²) in [7, 11) is 2.98. The predicted octanol–water partition coefficient (Wildman–Crippen LogP) is 1.50. The average Bonchev–Trinajstić information content (AvgIpc) is 2.35. The topological polar surface area (TPSA) is 73.6 Å². The molecular weight excluding hydrogens is 220 g/mol. The van der Waals surface area contributed by atoms with Gasteiger partial charge in [0.05, 0.1) is 18.8 Å². The van der Waals surface area contributed by atoms with E-state index in [1.165, 1.54) is 7.11 Å². The van der Waals surface area contributed by atoms with E-state index < -0.39 is 5.97 Å². The molecule has 0 bridgehead atoms. The van der Waals surface area contributed by atoms with Crippen molar-refractivity contribution in [2.75, 3.05) is 31.8 Å². The largest absolute Gasteiger partial charge is 0.465 e. The van der Waals surface area contributed by atoms with Crippen LogP contribution in [0.3, 0.4) is 0 Å². The van der Waals surface area contributed by atoms with Gasteiger partial charge in [-0.3, -0.25) is 0 Å². The van der Waals surface area contributed by atoms with Crippen molar-refractivity contribution in [3.63, 3.8) is 0 Å². The molecule has 0 saturated carbocycles. The van der Waals surface area contributed by atoms with Crippen molar-refractivity contribution in [2.24, 2.45) is 0 Å². The first-order chi connectivity index (χ1) is 8.08. The van der Waals surface area contributed by atoms with Crippen molar-refractivity contribution >= 4 is 17.3 Å². The van der Waals surface area contributed by atoms with Crippen LogP contribution in [0.1, 0.15) is 17.3 Å². The summed E-state index contributed by atoms with van der Waals surface area (Å²) >= 11 is 0. The number of nitrogens with one attached hydrogen (secondary N) is 1. The Hall–Kier alpha value is -1.75. The maximum atomic E-state index is 11.6. The molecule has 5 nitrogen and oxygen atoms in total. The number of carbonyl (C=O) groups is 1. The van der Waals surface area contributed by atoms with Crippen LogP contribution in [-0.4, -0.2) is 32.8 Å². The number of anilines is 2. The molecule has 17 heavy (non-hydrogen) atoms. The lowest BCUT2D eigenvalue weighted by molar-refractivity contribution is 0.0601. The van der Waals surface area contributed by atoms with Crippen molar-refractivity contribution in [2.45, 2.75) is 13.0 Å². The third kappa shape index (κ3) is 3.64. The number of nitrogens with two attached hydrogens (primary N) is 1. The Bertz CT molecular complexity index is 393. The first kappa shape index (κ1) is 13.3. The lowest BCUT2D eigenvalue weighted by Gasteiger charge is -2.14. The zero-order valence-electron chi connectivity index (χ0n) is 10.3. The number of hydrogen-bond donors (Lipinski definition) is 2. The molecule has 1 rings (SSSR count). The lowest BCUT2D eigenvalue weighted by Crippen LogP contribution is -2.19. The van der Waals surface area contributed by atoms with Crippen LogP contribution in [-0.2, 0) is 9.47 Å². The summed E-state index contributed by atoms with van der Waals surface area (Å²) in [5.41, 5.74) is 7.28. The number of esters is 1. The molecule has 0 saturated heterocycles. The minimum absolute atomic E-state index is 0.0537. The SMILES string of the molecule is COC(=O)c1cc(N)ccc1NCC(C)OC. The molecule has 0 radical (unpaired) electrons. The number of nitrogen functional groups attached to an aromatic ring is 1. The van der Waals surface area contributed by atoms with Crippen LogP contribution >= 0.6 is 0 Å². The molecular formula is C12H18N2O3. The molecule has 0 amide bonds. The van der Waals surface area contributed by atoms with Gasteiger partial charge in [0.15, 0.2) is 0 Å². The molecule has 94 valence electrons. The van der Waals surface area contributed by atoms with Gasteiger partial charge in [-0.25, -0.2) is 4.79 Å². The quantitative estimate of drug-likeness (QED) is 0.600. The van der Waals surface area contributed by atoms with E-state index in [0.717, 1.165) is 0 Å². The number of ether oxygens (including phenoxy) is 2. The smallest absolute Gasteiger partial charge is 0.340 e. The number of rotatable bonds is 5. The number of hydrogen-bond acceptors (Lipinski definition) is 5. The van der Waals surface area contributed by atoms with Crippen molar-refractivity contribution in [1.29, 1.82) is 0 Å². The summed E-state index contributed by atoms with van der Waals surface area (Å²) in [6.45, 7) is 2.53. The van der Waals surface area contributed by atoms with Gasteiger partial charge in [-0.2, -0.15) is 0 Å². The summed E-state index contributed by atoms with van der Waals surface area (Å²) in [5.74, 6) is -0.412. The van der Waals surface area contributed by atoms with Crippen LogP contribution in [0.4, 0.5) is 11.4 Å². The Labute approximate surface area is 101 Å². The van der Waals surface area contributed by atoms with Gasteiger partial charge in [0.1, 0.15) is 0 Å². The second-order valence-electron chi connectivity index (χ2n) is 3.72. The van der Waals surface area contributed by atoms with E-state index in [-0.39, 0.29) is 6.10 Å². The molecule has 1 aromatic rings. The van der Waals surface area contributed by atoms with Gasteiger partial charge in [0.25, 0.3) is 0 Å². The van der Waals surface area contributed by atoms with Crippen molar-refractivity contribution in [1.82, 2.24) is 0 Å². The fraction of sp³-hybridized carbons (Fsp3) is 0.417. The van der Waals surface area contributed by atoms with Gasteiger partial charge in [-0.15, -0.1) is 0 Å². The van der Waals surface area contributed by atoms with Crippen LogP contribution in [0.2, 0.25) is 0 Å². The molecule has 0 aliphatic heterocycles. The summed E-state index contributed by atoms with van der Waals surface area (Å²) in [6.07, 6.45) is 0.0537. The Morgan fingerprint density at radius 2 is 2.18 bits per heavy atom. The third-order valence-corrected chi connectivity index (χ3v) is 2.43. The average molecular weight is 238 g/mol. The Morgan fingerprint density at radius 3 is 2.76 bits per heavy atom. The molecule has 0 spiro atoms. The molecule has 1 aromatic carbocycles. The molecule has 0 fully saturated rings. The minimum atomic E-state index is -0.412. The monoisotopic (exact) mass is 238 g/mol. The van der Waals surface area contributed by atoms with Gasteiger partial charge < -0.3 is 20.5 Å². The Kier molecular flexibility index (Phi) is 4.78. The van der Waals surface area contributed by atoms with Crippen LogP contribution in [0.25, 0.3) is 0 Å². The second-order valence-corrected chi connectivity index (χ2v) is 3.72. The van der Waals surface area contributed by atoms with E-state index in [9.17, 15) is 4.79 Å². The van der Waals surface area contributed by atoms with E-state index in [0.29, 0.717) is 23.5 Å². The summed E-state index contributed by atoms with van der Waals surface area (Å²) in [6, 6.07) is 5.07. The molecule has 0 heterocycles. The predicted molar refractivity (Wildman–Crippen MR) is 67.2 cm³/mol. The van der Waals surface area contributed by atoms with Gasteiger partial charge in [0.2, 0.25) is 0 Å². The number of methoxy groups -OCH3 is 2. The Morgan fingerprint density at radius 1 is 1.47 bits per heavy atom. The van der Waals surface area contributed by atoms with Crippen LogP contribution in [0, 0.1) is 0 Å². The maximum absolute atomic E-state index is 11.6. The molecule has 1 atom stereocenters. The normalized spacial score (nSPS) is 11.9. The summed E-state index contributed by atoms with van der Waals surface area (Å²) in [4.78, 5) is 11.6. The van der Waals surface area contributed by atoms with Gasteiger partial charge in [-0.05, 0) is 25.1 Å². The molecule has 3 N–H and O–H groups in total. The highest BCUT2D eigenvalue weighted by Gasteiger charge is 2.12. The van der Waals surface area contributed by atoms with Crippen molar-refractivity contribution in [3.05, 3.63) is 23.8 Å². The van der Waals surface area contributed by atoms with Crippen molar-refractivity contribution < 1.29 is 14.3 Å². The van der Waals surface area contributed by atoms with Gasteiger partial charge in [0, 0.05) is 25.0 Å². The van der Waals surface area contributed by atoms with Gasteiger partial charge in [-0.1, -0.05) is 0 Å². The fourth-order valence-electron chi connectivity index (χ4n) is 1.33. The van der Waals surface area contributed by atoms with Crippen LogP contribution in [0.5, 0.6) is 0 Å². The minimum Gasteiger partial charge on any atom is -0.465 e. The summed E-state index contributed by atoms with van der Waals surface area (Å²) in [5, 5.41) is 3.12. The van der Waals surface area contributed by atoms with E-state index in [1.807, 2.05) is 6.92 Å². The number of benzene rings is 1. The van der Waals surface area contributed by atoms with E-state index >= 15 is 0 Å². The molecule has 5 heteroatoms. The molecule has 0 aliphatic rings. The Balaban J connectivity index is 2.86.